The van der Waals surface area contributed by atoms with Gasteiger partial charge in [0.25, 0.3) is 0 Å². The summed E-state index contributed by atoms with van der Waals surface area (Å²) in [7, 11) is 0. The fourth-order valence-corrected chi connectivity index (χ4v) is 2.09. The normalized spacial score (nSPS) is 12.3. The molecule has 0 spiro atoms. The topological polar surface area (TPSA) is 62.5 Å². The van der Waals surface area contributed by atoms with Crippen molar-refractivity contribution in [2.45, 2.75) is 39.7 Å². The number of benzene rings is 1. The van der Waals surface area contributed by atoms with Gasteiger partial charge in [0.05, 0.1) is 5.69 Å². The van der Waals surface area contributed by atoms with Crippen molar-refractivity contribution in [3.8, 4) is 11.5 Å². The second kappa shape index (κ2) is 7.95. The Morgan fingerprint density at radius 1 is 1.25 bits per heavy atom. The molecule has 2 N–H and O–H groups in total. The lowest BCUT2D eigenvalue weighted by Gasteiger charge is -2.23. The first kappa shape index (κ1) is 18.0. The summed E-state index contributed by atoms with van der Waals surface area (Å²) in [6.45, 7) is 9.71. The molecule has 0 saturated heterocycles. The highest BCUT2D eigenvalue weighted by Gasteiger charge is 2.12. The van der Waals surface area contributed by atoms with Crippen molar-refractivity contribution in [1.82, 2.24) is 15.6 Å². The van der Waals surface area contributed by atoms with Gasteiger partial charge < -0.3 is 15.1 Å². The molecular weight excluding hydrogens is 307 g/mol. The van der Waals surface area contributed by atoms with Crippen molar-refractivity contribution in [3.63, 3.8) is 0 Å². The predicted octanol–water partition coefficient (Wildman–Crippen LogP) is 3.38. The Morgan fingerprint density at radius 2 is 1.96 bits per heavy atom. The van der Waals surface area contributed by atoms with E-state index >= 15 is 0 Å². The maximum absolute atomic E-state index is 13.0. The molecule has 1 heterocycles. The lowest BCUT2D eigenvalue weighted by atomic mass is 10.1. The first-order valence-electron chi connectivity index (χ1n) is 8.14. The second-order valence-electron chi connectivity index (χ2n) is 6.54. The first-order valence-corrected chi connectivity index (χ1v) is 8.14. The number of nitrogens with zero attached hydrogens (tertiary/aromatic N) is 2. The lowest BCUT2D eigenvalue weighted by molar-refractivity contribution is 0.501. The van der Waals surface area contributed by atoms with Crippen LogP contribution in [0.15, 0.2) is 39.9 Å². The number of hydrogen-bond acceptors (Lipinski definition) is 3. The fourth-order valence-electron chi connectivity index (χ4n) is 2.09. The maximum Gasteiger partial charge on any atom is 0.226 e. The van der Waals surface area contributed by atoms with Crippen LogP contribution in [-0.2, 0) is 6.42 Å². The van der Waals surface area contributed by atoms with E-state index in [-0.39, 0.29) is 11.4 Å². The molecular formula is C18H25FN4O. The Morgan fingerprint density at radius 3 is 2.58 bits per heavy atom. The molecule has 0 amide bonds. The van der Waals surface area contributed by atoms with Crippen molar-refractivity contribution in [3.05, 3.63) is 42.0 Å². The summed E-state index contributed by atoms with van der Waals surface area (Å²) in [5.41, 5.74) is 1.53. The zero-order valence-electron chi connectivity index (χ0n) is 14.7. The van der Waals surface area contributed by atoms with Crippen LogP contribution in [0.25, 0.3) is 11.5 Å². The van der Waals surface area contributed by atoms with Crippen LogP contribution in [0.3, 0.4) is 0 Å². The number of aromatic nitrogens is 1. The van der Waals surface area contributed by atoms with E-state index in [1.54, 1.807) is 18.4 Å². The van der Waals surface area contributed by atoms with Gasteiger partial charge in [-0.15, -0.1) is 0 Å². The smallest absolute Gasteiger partial charge is 0.226 e. The lowest BCUT2D eigenvalue weighted by Crippen LogP contribution is -2.47. The van der Waals surface area contributed by atoms with Crippen LogP contribution in [0, 0.1) is 5.82 Å². The van der Waals surface area contributed by atoms with E-state index in [9.17, 15) is 4.39 Å². The van der Waals surface area contributed by atoms with Gasteiger partial charge in [-0.3, -0.25) is 4.99 Å². The highest BCUT2D eigenvalue weighted by atomic mass is 19.1. The van der Waals surface area contributed by atoms with Crippen molar-refractivity contribution in [2.75, 3.05) is 13.1 Å². The van der Waals surface area contributed by atoms with E-state index in [0.717, 1.165) is 23.8 Å². The molecule has 0 bridgehead atoms. The summed E-state index contributed by atoms with van der Waals surface area (Å²) in [5.74, 6) is 1.00. The molecule has 0 aliphatic carbocycles. The van der Waals surface area contributed by atoms with E-state index in [1.807, 2.05) is 6.92 Å². The Bertz CT molecular complexity index is 671. The van der Waals surface area contributed by atoms with Crippen molar-refractivity contribution >= 4 is 5.96 Å². The quantitative estimate of drug-likeness (QED) is 0.651. The van der Waals surface area contributed by atoms with E-state index in [1.165, 1.54) is 12.1 Å². The Kier molecular flexibility index (Phi) is 5.95. The number of hydrogen-bond donors (Lipinski definition) is 2. The average molecular weight is 332 g/mol. The van der Waals surface area contributed by atoms with E-state index in [0.29, 0.717) is 18.9 Å². The van der Waals surface area contributed by atoms with Gasteiger partial charge in [-0.05, 0) is 52.0 Å². The Labute approximate surface area is 142 Å². The van der Waals surface area contributed by atoms with E-state index in [4.69, 9.17) is 4.42 Å². The van der Waals surface area contributed by atoms with Crippen molar-refractivity contribution in [2.24, 2.45) is 4.99 Å². The number of nitrogens with one attached hydrogen (secondary N) is 2. The molecule has 0 aliphatic heterocycles. The summed E-state index contributed by atoms with van der Waals surface area (Å²) < 4.78 is 18.4. The first-order chi connectivity index (χ1) is 11.4. The van der Waals surface area contributed by atoms with Gasteiger partial charge >= 0.3 is 0 Å². The summed E-state index contributed by atoms with van der Waals surface area (Å²) >= 11 is 0. The van der Waals surface area contributed by atoms with Gasteiger partial charge in [-0.2, -0.15) is 0 Å². The van der Waals surface area contributed by atoms with Gasteiger partial charge in [0, 0.05) is 30.6 Å². The molecule has 6 heteroatoms. The Balaban J connectivity index is 1.96. The van der Waals surface area contributed by atoms with Crippen LogP contribution in [0.5, 0.6) is 0 Å². The molecule has 130 valence electrons. The third kappa shape index (κ3) is 5.68. The number of rotatable bonds is 5. The molecule has 5 nitrogen and oxygen atoms in total. The number of aliphatic imine (C=N–C) groups is 1. The third-order valence-electron chi connectivity index (χ3n) is 3.12. The van der Waals surface area contributed by atoms with Crippen molar-refractivity contribution in [1.29, 1.82) is 0 Å². The van der Waals surface area contributed by atoms with Crippen LogP contribution in [0.2, 0.25) is 0 Å². The molecule has 1 aromatic heterocycles. The summed E-state index contributed by atoms with van der Waals surface area (Å²) in [6, 6.07) is 6.09. The molecule has 0 atom stereocenters. The fraction of sp³-hybridized carbons (Fsp3) is 0.444. The molecule has 0 radical (unpaired) electrons. The van der Waals surface area contributed by atoms with Crippen LogP contribution in [0.1, 0.15) is 33.4 Å². The molecule has 0 fully saturated rings. The molecule has 2 rings (SSSR count). The van der Waals surface area contributed by atoms with Gasteiger partial charge in [-0.1, -0.05) is 0 Å². The Hall–Kier alpha value is -2.37. The van der Waals surface area contributed by atoms with E-state index in [2.05, 4.69) is 41.4 Å². The zero-order chi connectivity index (χ0) is 17.6. The molecule has 0 aliphatic rings. The SMILES string of the molecule is CCNC(=NCCc1coc(-c2ccc(F)cc2)n1)NC(C)(C)C. The monoisotopic (exact) mass is 332 g/mol. The second-order valence-corrected chi connectivity index (χ2v) is 6.54. The van der Waals surface area contributed by atoms with Crippen LogP contribution >= 0.6 is 0 Å². The van der Waals surface area contributed by atoms with E-state index < -0.39 is 0 Å². The maximum atomic E-state index is 13.0. The van der Waals surface area contributed by atoms with Crippen molar-refractivity contribution < 1.29 is 8.81 Å². The molecule has 2 aromatic rings. The zero-order valence-corrected chi connectivity index (χ0v) is 14.7. The summed E-state index contributed by atoms with van der Waals surface area (Å²) in [4.78, 5) is 8.98. The van der Waals surface area contributed by atoms with Crippen LogP contribution < -0.4 is 10.6 Å². The standard InChI is InChI=1S/C18H25FN4O/c1-5-20-17(23-18(2,3)4)21-11-10-15-12-24-16(22-15)13-6-8-14(19)9-7-13/h6-9,12H,5,10-11H2,1-4H3,(H2,20,21,23). The van der Waals surface area contributed by atoms with Crippen LogP contribution in [0.4, 0.5) is 4.39 Å². The number of oxazole rings is 1. The minimum Gasteiger partial charge on any atom is -0.444 e. The van der Waals surface area contributed by atoms with Gasteiger partial charge in [-0.25, -0.2) is 9.37 Å². The number of halogens is 1. The summed E-state index contributed by atoms with van der Waals surface area (Å²) in [6.07, 6.45) is 2.30. The molecule has 24 heavy (non-hydrogen) atoms. The molecule has 1 aromatic carbocycles. The predicted molar refractivity (Wildman–Crippen MR) is 94.5 cm³/mol. The van der Waals surface area contributed by atoms with Gasteiger partial charge in [0.15, 0.2) is 5.96 Å². The third-order valence-corrected chi connectivity index (χ3v) is 3.12. The van der Waals surface area contributed by atoms with Gasteiger partial charge in [0.1, 0.15) is 12.1 Å². The highest BCUT2D eigenvalue weighted by molar-refractivity contribution is 5.80. The average Bonchev–Trinajstić information content (AvgIpc) is 2.95. The largest absolute Gasteiger partial charge is 0.444 e. The molecule has 0 saturated carbocycles. The molecule has 0 unspecified atom stereocenters. The summed E-state index contributed by atoms with van der Waals surface area (Å²) in [5, 5.41) is 6.56. The highest BCUT2D eigenvalue weighted by Crippen LogP contribution is 2.19. The minimum atomic E-state index is -0.276. The number of guanidine groups is 1. The van der Waals surface area contributed by atoms with Gasteiger partial charge in [0.2, 0.25) is 5.89 Å². The van der Waals surface area contributed by atoms with Crippen LogP contribution in [-0.4, -0.2) is 29.6 Å². The minimum absolute atomic E-state index is 0.0509.